The summed E-state index contributed by atoms with van der Waals surface area (Å²) >= 11 is 0. The van der Waals surface area contributed by atoms with Crippen LogP contribution in [0, 0.1) is 5.92 Å². The van der Waals surface area contributed by atoms with Crippen LogP contribution in [0.1, 0.15) is 43.1 Å². The highest BCUT2D eigenvalue weighted by Crippen LogP contribution is 2.16. The van der Waals surface area contributed by atoms with Gasteiger partial charge in [0.15, 0.2) is 0 Å². The van der Waals surface area contributed by atoms with E-state index in [4.69, 9.17) is 5.73 Å². The zero-order valence-corrected chi connectivity index (χ0v) is 12.5. The highest BCUT2D eigenvalue weighted by Gasteiger charge is 2.20. The van der Waals surface area contributed by atoms with Gasteiger partial charge < -0.3 is 10.6 Å². The molecule has 106 valence electrons. The van der Waals surface area contributed by atoms with Gasteiger partial charge in [0.25, 0.3) is 5.91 Å². The van der Waals surface area contributed by atoms with E-state index in [0.717, 1.165) is 24.0 Å². The summed E-state index contributed by atoms with van der Waals surface area (Å²) < 4.78 is 0. The lowest BCUT2D eigenvalue weighted by molar-refractivity contribution is 0.0727. The topological polar surface area (TPSA) is 46.3 Å². The molecule has 0 aliphatic carbocycles. The van der Waals surface area contributed by atoms with Crippen LogP contribution in [-0.2, 0) is 6.42 Å². The van der Waals surface area contributed by atoms with Crippen LogP contribution in [0.25, 0.3) is 0 Å². The van der Waals surface area contributed by atoms with Crippen molar-refractivity contribution in [2.45, 2.75) is 39.7 Å². The maximum atomic E-state index is 12.5. The Morgan fingerprint density at radius 3 is 2.47 bits per heavy atom. The standard InChI is InChI=1S/C16H26N2O/c1-12(2)11-13(3)18(4)16(19)15-8-6-5-7-14(15)9-10-17/h5-8,12-13H,9-11,17H2,1-4H3. The molecule has 1 atom stereocenters. The van der Waals surface area contributed by atoms with Crippen LogP contribution in [-0.4, -0.2) is 30.4 Å². The molecule has 1 aromatic carbocycles. The van der Waals surface area contributed by atoms with E-state index < -0.39 is 0 Å². The lowest BCUT2D eigenvalue weighted by atomic mass is 10.0. The quantitative estimate of drug-likeness (QED) is 0.856. The van der Waals surface area contributed by atoms with Gasteiger partial charge in [-0.1, -0.05) is 32.0 Å². The zero-order chi connectivity index (χ0) is 14.4. The van der Waals surface area contributed by atoms with Crippen molar-refractivity contribution >= 4 is 5.91 Å². The number of hydrogen-bond acceptors (Lipinski definition) is 2. The molecule has 0 radical (unpaired) electrons. The minimum Gasteiger partial charge on any atom is -0.339 e. The molecule has 0 saturated heterocycles. The average molecular weight is 262 g/mol. The Kier molecular flexibility index (Phi) is 6.03. The molecule has 0 aliphatic heterocycles. The lowest BCUT2D eigenvalue weighted by Gasteiger charge is -2.27. The molecule has 3 nitrogen and oxygen atoms in total. The fraction of sp³-hybridized carbons (Fsp3) is 0.562. The predicted octanol–water partition coefficient (Wildman–Crippen LogP) is 2.69. The Bertz CT molecular complexity index is 415. The van der Waals surface area contributed by atoms with Gasteiger partial charge in [0, 0.05) is 18.7 Å². The summed E-state index contributed by atoms with van der Waals surface area (Å²) in [5, 5.41) is 0. The number of rotatable bonds is 6. The van der Waals surface area contributed by atoms with Crippen LogP contribution in [0.15, 0.2) is 24.3 Å². The zero-order valence-electron chi connectivity index (χ0n) is 12.5. The van der Waals surface area contributed by atoms with Gasteiger partial charge in [0.1, 0.15) is 0 Å². The Morgan fingerprint density at radius 1 is 1.26 bits per heavy atom. The van der Waals surface area contributed by atoms with Crippen molar-refractivity contribution in [1.29, 1.82) is 0 Å². The lowest BCUT2D eigenvalue weighted by Crippen LogP contribution is -2.36. The third-order valence-corrected chi connectivity index (χ3v) is 3.46. The molecule has 1 amide bonds. The Morgan fingerprint density at radius 2 is 1.89 bits per heavy atom. The summed E-state index contributed by atoms with van der Waals surface area (Å²) in [6.07, 6.45) is 1.76. The number of amides is 1. The second-order valence-electron chi connectivity index (χ2n) is 5.59. The second-order valence-corrected chi connectivity index (χ2v) is 5.59. The third kappa shape index (κ3) is 4.35. The van der Waals surface area contributed by atoms with Gasteiger partial charge in [-0.3, -0.25) is 4.79 Å². The molecule has 3 heteroatoms. The van der Waals surface area contributed by atoms with Crippen molar-refractivity contribution < 1.29 is 4.79 Å². The van der Waals surface area contributed by atoms with Gasteiger partial charge in [0.05, 0.1) is 0 Å². The first kappa shape index (κ1) is 15.7. The Labute approximate surface area is 116 Å². The monoisotopic (exact) mass is 262 g/mol. The second kappa shape index (κ2) is 7.29. The molecule has 0 aliphatic rings. The molecule has 19 heavy (non-hydrogen) atoms. The molecule has 0 saturated carbocycles. The first-order valence-corrected chi connectivity index (χ1v) is 7.02. The highest BCUT2D eigenvalue weighted by molar-refractivity contribution is 5.95. The molecule has 1 rings (SSSR count). The van der Waals surface area contributed by atoms with Crippen LogP contribution in [0.4, 0.5) is 0 Å². The molecule has 0 aromatic heterocycles. The van der Waals surface area contributed by atoms with Crippen molar-refractivity contribution in [2.24, 2.45) is 11.7 Å². The van der Waals surface area contributed by atoms with Crippen molar-refractivity contribution in [2.75, 3.05) is 13.6 Å². The first-order valence-electron chi connectivity index (χ1n) is 7.02. The van der Waals surface area contributed by atoms with E-state index in [2.05, 4.69) is 20.8 Å². The summed E-state index contributed by atoms with van der Waals surface area (Å²) in [5.74, 6) is 0.682. The number of carbonyl (C=O) groups excluding carboxylic acids is 1. The molecule has 0 bridgehead atoms. The SMILES string of the molecule is CC(C)CC(C)N(C)C(=O)c1ccccc1CCN. The molecule has 1 aromatic rings. The molecular weight excluding hydrogens is 236 g/mol. The van der Waals surface area contributed by atoms with E-state index in [9.17, 15) is 4.79 Å². The molecule has 0 fully saturated rings. The van der Waals surface area contributed by atoms with Crippen LogP contribution in [0.3, 0.4) is 0 Å². The van der Waals surface area contributed by atoms with Crippen LogP contribution in [0.5, 0.6) is 0 Å². The Balaban J connectivity index is 2.87. The van der Waals surface area contributed by atoms with Gasteiger partial charge >= 0.3 is 0 Å². The summed E-state index contributed by atoms with van der Waals surface area (Å²) in [6.45, 7) is 7.02. The van der Waals surface area contributed by atoms with E-state index in [1.54, 1.807) is 0 Å². The maximum Gasteiger partial charge on any atom is 0.254 e. The summed E-state index contributed by atoms with van der Waals surface area (Å²) in [6, 6.07) is 8.00. The van der Waals surface area contributed by atoms with Crippen LogP contribution in [0.2, 0.25) is 0 Å². The minimum absolute atomic E-state index is 0.0946. The smallest absolute Gasteiger partial charge is 0.254 e. The fourth-order valence-corrected chi connectivity index (χ4v) is 2.33. The van der Waals surface area contributed by atoms with Crippen molar-refractivity contribution in [3.8, 4) is 0 Å². The highest BCUT2D eigenvalue weighted by atomic mass is 16.2. The normalized spacial score (nSPS) is 12.5. The predicted molar refractivity (Wildman–Crippen MR) is 80.2 cm³/mol. The number of carbonyl (C=O) groups is 1. The van der Waals surface area contributed by atoms with Gasteiger partial charge in [0.2, 0.25) is 0 Å². The Hall–Kier alpha value is -1.35. The van der Waals surface area contributed by atoms with Gasteiger partial charge in [-0.2, -0.15) is 0 Å². The number of benzene rings is 1. The van der Waals surface area contributed by atoms with E-state index in [-0.39, 0.29) is 11.9 Å². The van der Waals surface area contributed by atoms with Crippen LogP contribution < -0.4 is 5.73 Å². The van der Waals surface area contributed by atoms with Crippen LogP contribution >= 0.6 is 0 Å². The first-order chi connectivity index (χ1) is 8.97. The third-order valence-electron chi connectivity index (χ3n) is 3.46. The fourth-order valence-electron chi connectivity index (χ4n) is 2.33. The molecule has 1 unspecified atom stereocenters. The van der Waals surface area contributed by atoms with E-state index in [0.29, 0.717) is 12.5 Å². The summed E-state index contributed by atoms with van der Waals surface area (Å²) in [7, 11) is 1.88. The largest absolute Gasteiger partial charge is 0.339 e. The minimum atomic E-state index is 0.0946. The number of hydrogen-bond donors (Lipinski definition) is 1. The number of nitrogens with zero attached hydrogens (tertiary/aromatic N) is 1. The van der Waals surface area contributed by atoms with Crippen molar-refractivity contribution in [3.05, 3.63) is 35.4 Å². The number of nitrogens with two attached hydrogens (primary N) is 1. The molecule has 0 spiro atoms. The summed E-state index contributed by atoms with van der Waals surface area (Å²) in [4.78, 5) is 14.4. The summed E-state index contributed by atoms with van der Waals surface area (Å²) in [5.41, 5.74) is 7.43. The van der Waals surface area contributed by atoms with Crippen molar-refractivity contribution in [1.82, 2.24) is 4.90 Å². The molecule has 2 N–H and O–H groups in total. The van der Waals surface area contributed by atoms with Gasteiger partial charge in [-0.05, 0) is 43.9 Å². The van der Waals surface area contributed by atoms with Gasteiger partial charge in [-0.25, -0.2) is 0 Å². The van der Waals surface area contributed by atoms with Gasteiger partial charge in [-0.15, -0.1) is 0 Å². The van der Waals surface area contributed by atoms with Crippen molar-refractivity contribution in [3.63, 3.8) is 0 Å². The molecule has 0 heterocycles. The average Bonchev–Trinajstić information content (AvgIpc) is 2.37. The van der Waals surface area contributed by atoms with E-state index >= 15 is 0 Å². The van der Waals surface area contributed by atoms with E-state index in [1.165, 1.54) is 0 Å². The molecular formula is C16H26N2O. The maximum absolute atomic E-state index is 12.5. The van der Waals surface area contributed by atoms with E-state index in [1.807, 2.05) is 36.2 Å².